The summed E-state index contributed by atoms with van der Waals surface area (Å²) in [5.74, 6) is 0.308. The lowest BCUT2D eigenvalue weighted by Gasteiger charge is -2.09. The fraction of sp³-hybridized carbons (Fsp3) is 0.188. The smallest absolute Gasteiger partial charge is 0.416 e. The molecular weight excluding hydrogens is 337 g/mol. The predicted octanol–water partition coefficient (Wildman–Crippen LogP) is 2.44. The standard InChI is InChI=1S/C16H13F3N4O2/c17-16(18,19)11-4-6-12(7-5-11)25-10-15(24)20-9-14-22-21-13-3-1-2-8-23(13)14/h1-8H,9-10H2,(H,20,24). The van der Waals surface area contributed by atoms with E-state index in [0.717, 1.165) is 12.1 Å². The lowest BCUT2D eigenvalue weighted by atomic mass is 10.2. The summed E-state index contributed by atoms with van der Waals surface area (Å²) in [6.45, 7) is -0.164. The van der Waals surface area contributed by atoms with Crippen molar-refractivity contribution in [3.8, 4) is 5.75 Å². The molecule has 0 unspecified atom stereocenters. The first-order valence-corrected chi connectivity index (χ1v) is 7.29. The van der Waals surface area contributed by atoms with Crippen LogP contribution >= 0.6 is 0 Å². The summed E-state index contributed by atoms with van der Waals surface area (Å²) in [4.78, 5) is 11.8. The highest BCUT2D eigenvalue weighted by atomic mass is 19.4. The molecule has 130 valence electrons. The van der Waals surface area contributed by atoms with Gasteiger partial charge in [-0.25, -0.2) is 0 Å². The third-order valence-corrected chi connectivity index (χ3v) is 3.38. The summed E-state index contributed by atoms with van der Waals surface area (Å²) < 4.78 is 44.3. The predicted molar refractivity (Wildman–Crippen MR) is 81.8 cm³/mol. The third kappa shape index (κ3) is 4.06. The van der Waals surface area contributed by atoms with E-state index < -0.39 is 17.6 Å². The molecule has 25 heavy (non-hydrogen) atoms. The SMILES string of the molecule is O=C(COc1ccc(C(F)(F)F)cc1)NCc1nnc2ccccn12. The van der Waals surface area contributed by atoms with Gasteiger partial charge in [-0.3, -0.25) is 9.20 Å². The van der Waals surface area contributed by atoms with Crippen molar-refractivity contribution in [1.29, 1.82) is 0 Å². The highest BCUT2D eigenvalue weighted by Crippen LogP contribution is 2.30. The van der Waals surface area contributed by atoms with Crippen LogP contribution in [0.15, 0.2) is 48.7 Å². The zero-order valence-corrected chi connectivity index (χ0v) is 12.8. The van der Waals surface area contributed by atoms with Gasteiger partial charge in [0.25, 0.3) is 5.91 Å². The first-order chi connectivity index (χ1) is 11.9. The Labute approximate surface area is 140 Å². The highest BCUT2D eigenvalue weighted by Gasteiger charge is 2.30. The molecule has 3 aromatic rings. The number of alkyl halides is 3. The molecule has 3 rings (SSSR count). The van der Waals surface area contributed by atoms with E-state index >= 15 is 0 Å². The minimum Gasteiger partial charge on any atom is -0.484 e. The zero-order chi connectivity index (χ0) is 17.9. The van der Waals surface area contributed by atoms with E-state index in [-0.39, 0.29) is 18.9 Å². The topological polar surface area (TPSA) is 68.5 Å². The number of halogens is 3. The van der Waals surface area contributed by atoms with Crippen LogP contribution in [0.1, 0.15) is 11.4 Å². The number of aromatic nitrogens is 3. The van der Waals surface area contributed by atoms with Crippen molar-refractivity contribution >= 4 is 11.6 Å². The molecule has 1 N–H and O–H groups in total. The Kier molecular flexibility index (Phi) is 4.55. The number of carbonyl (C=O) groups excluding carboxylic acids is 1. The van der Waals surface area contributed by atoms with Crippen molar-refractivity contribution in [3.63, 3.8) is 0 Å². The second kappa shape index (κ2) is 6.80. The molecule has 2 heterocycles. The molecule has 0 aliphatic rings. The fourth-order valence-electron chi connectivity index (χ4n) is 2.13. The Balaban J connectivity index is 1.51. The van der Waals surface area contributed by atoms with Crippen LogP contribution < -0.4 is 10.1 Å². The van der Waals surface area contributed by atoms with Gasteiger partial charge in [-0.15, -0.1) is 10.2 Å². The number of nitrogens with zero attached hydrogens (tertiary/aromatic N) is 3. The molecule has 0 atom stereocenters. The van der Waals surface area contributed by atoms with Gasteiger partial charge in [-0.2, -0.15) is 13.2 Å². The summed E-state index contributed by atoms with van der Waals surface area (Å²) in [6, 6.07) is 9.56. The van der Waals surface area contributed by atoms with Crippen molar-refractivity contribution < 1.29 is 22.7 Å². The van der Waals surface area contributed by atoms with Crippen LogP contribution in [0, 0.1) is 0 Å². The van der Waals surface area contributed by atoms with Crippen molar-refractivity contribution in [2.24, 2.45) is 0 Å². The zero-order valence-electron chi connectivity index (χ0n) is 12.8. The van der Waals surface area contributed by atoms with E-state index in [1.165, 1.54) is 12.1 Å². The molecular formula is C16H13F3N4O2. The lowest BCUT2D eigenvalue weighted by Crippen LogP contribution is -2.29. The second-order valence-electron chi connectivity index (χ2n) is 5.13. The Hall–Kier alpha value is -3.10. The van der Waals surface area contributed by atoms with Gasteiger partial charge in [0.15, 0.2) is 18.1 Å². The fourth-order valence-corrected chi connectivity index (χ4v) is 2.13. The average Bonchev–Trinajstić information content (AvgIpc) is 3.01. The van der Waals surface area contributed by atoms with E-state index in [2.05, 4.69) is 15.5 Å². The number of hydrogen-bond acceptors (Lipinski definition) is 4. The third-order valence-electron chi connectivity index (χ3n) is 3.38. The molecule has 1 aromatic carbocycles. The van der Waals surface area contributed by atoms with Crippen LogP contribution in [0.3, 0.4) is 0 Å². The van der Waals surface area contributed by atoms with Gasteiger partial charge < -0.3 is 10.1 Å². The monoisotopic (exact) mass is 350 g/mol. The minimum absolute atomic E-state index is 0.153. The number of pyridine rings is 1. The number of benzene rings is 1. The Morgan fingerprint density at radius 3 is 2.60 bits per heavy atom. The van der Waals surface area contributed by atoms with Gasteiger partial charge >= 0.3 is 6.18 Å². The van der Waals surface area contributed by atoms with Gasteiger partial charge in [0, 0.05) is 6.20 Å². The number of fused-ring (bicyclic) bond motifs is 1. The molecule has 0 aliphatic carbocycles. The molecule has 0 aliphatic heterocycles. The molecule has 1 amide bonds. The number of carbonyl (C=O) groups is 1. The maximum absolute atomic E-state index is 12.5. The van der Waals surface area contributed by atoms with Crippen LogP contribution in [0.25, 0.3) is 5.65 Å². The Morgan fingerprint density at radius 1 is 1.12 bits per heavy atom. The number of hydrogen-bond donors (Lipinski definition) is 1. The number of amides is 1. The van der Waals surface area contributed by atoms with Crippen molar-refractivity contribution in [2.45, 2.75) is 12.7 Å². The lowest BCUT2D eigenvalue weighted by molar-refractivity contribution is -0.137. The summed E-state index contributed by atoms with van der Waals surface area (Å²) in [6.07, 6.45) is -2.63. The second-order valence-corrected chi connectivity index (χ2v) is 5.13. The van der Waals surface area contributed by atoms with E-state index in [9.17, 15) is 18.0 Å². The van der Waals surface area contributed by atoms with Crippen LogP contribution in [0.4, 0.5) is 13.2 Å². The Bertz CT molecular complexity index is 875. The van der Waals surface area contributed by atoms with Gasteiger partial charge in [0.05, 0.1) is 12.1 Å². The van der Waals surface area contributed by atoms with Crippen LogP contribution in [0.2, 0.25) is 0 Å². The Morgan fingerprint density at radius 2 is 1.88 bits per heavy atom. The normalized spacial score (nSPS) is 11.5. The van der Waals surface area contributed by atoms with Crippen molar-refractivity contribution in [2.75, 3.05) is 6.61 Å². The number of ether oxygens (including phenoxy) is 1. The molecule has 0 saturated carbocycles. The average molecular weight is 350 g/mol. The van der Waals surface area contributed by atoms with Crippen LogP contribution in [-0.4, -0.2) is 27.1 Å². The first kappa shape index (κ1) is 16.7. The summed E-state index contributed by atoms with van der Waals surface area (Å²) in [7, 11) is 0. The van der Waals surface area contributed by atoms with E-state index in [1.807, 2.05) is 12.1 Å². The quantitative estimate of drug-likeness (QED) is 0.767. The molecule has 2 aromatic heterocycles. The molecule has 9 heteroatoms. The van der Waals surface area contributed by atoms with Gasteiger partial charge in [0.2, 0.25) is 0 Å². The molecule has 0 radical (unpaired) electrons. The molecule has 0 saturated heterocycles. The van der Waals surface area contributed by atoms with Gasteiger partial charge in [0.1, 0.15) is 5.75 Å². The number of rotatable bonds is 5. The molecule has 6 nitrogen and oxygen atoms in total. The van der Waals surface area contributed by atoms with E-state index in [0.29, 0.717) is 11.5 Å². The minimum atomic E-state index is -4.41. The first-order valence-electron chi connectivity index (χ1n) is 7.29. The summed E-state index contributed by atoms with van der Waals surface area (Å²) in [5, 5.41) is 10.5. The van der Waals surface area contributed by atoms with Gasteiger partial charge in [-0.1, -0.05) is 6.07 Å². The molecule has 0 fully saturated rings. The van der Waals surface area contributed by atoms with Crippen molar-refractivity contribution in [3.05, 3.63) is 60.0 Å². The maximum Gasteiger partial charge on any atom is 0.416 e. The van der Waals surface area contributed by atoms with E-state index in [1.54, 1.807) is 16.7 Å². The molecule has 0 bridgehead atoms. The summed E-state index contributed by atoms with van der Waals surface area (Å²) >= 11 is 0. The molecule has 0 spiro atoms. The van der Waals surface area contributed by atoms with Crippen LogP contribution in [-0.2, 0) is 17.5 Å². The maximum atomic E-state index is 12.5. The summed E-state index contributed by atoms with van der Waals surface area (Å²) in [5.41, 5.74) is -0.115. The van der Waals surface area contributed by atoms with Crippen molar-refractivity contribution in [1.82, 2.24) is 19.9 Å². The van der Waals surface area contributed by atoms with E-state index in [4.69, 9.17) is 4.74 Å². The largest absolute Gasteiger partial charge is 0.484 e. The van der Waals surface area contributed by atoms with Crippen LogP contribution in [0.5, 0.6) is 5.75 Å². The van der Waals surface area contributed by atoms with Gasteiger partial charge in [-0.05, 0) is 36.4 Å². The highest BCUT2D eigenvalue weighted by molar-refractivity contribution is 5.77. The number of nitrogens with one attached hydrogen (secondary N) is 1.